The van der Waals surface area contributed by atoms with Crippen LogP contribution in [0.1, 0.15) is 31.9 Å². The number of hydrogen-bond acceptors (Lipinski definition) is 7. The molecule has 0 radical (unpaired) electrons. The summed E-state index contributed by atoms with van der Waals surface area (Å²) in [5.41, 5.74) is -4.71. The van der Waals surface area contributed by atoms with Crippen molar-refractivity contribution in [1.82, 2.24) is 0 Å². The number of aryl methyl sites for hydroxylation is 1. The average Bonchev–Trinajstić information content (AvgIpc) is 2.68. The summed E-state index contributed by atoms with van der Waals surface area (Å²) >= 11 is 0. The quantitative estimate of drug-likeness (QED) is 0.154. The van der Waals surface area contributed by atoms with E-state index < -0.39 is 80.3 Å². The van der Waals surface area contributed by atoms with Crippen LogP contribution in [0, 0.1) is 10.1 Å². The standard InChI is InChI=1S/C18H19F8NO7S/c1-4-12-7-14(35(22,23,24,25)26)8-13-5-6-17(18(19,20)21,34-15(12)13)11(3)33-16(28)32-10(2)9-31-27(29)30/h5-8,10-11H,4,9H2,1-3H3/t10?,11?,17-/m0/s1. The third kappa shape index (κ3) is 6.37. The summed E-state index contributed by atoms with van der Waals surface area (Å²) in [5, 5.41) is 8.95. The molecule has 1 aromatic carbocycles. The van der Waals surface area contributed by atoms with Gasteiger partial charge in [0.2, 0.25) is 0 Å². The minimum Gasteiger partial charge on any atom is -0.469 e. The largest absolute Gasteiger partial charge is 0.509 e. The Labute approximate surface area is 192 Å². The first kappa shape index (κ1) is 28.3. The number of carbonyl (C=O) groups excluding carboxylic acids is 1. The summed E-state index contributed by atoms with van der Waals surface area (Å²) < 4.78 is 123. The Balaban J connectivity index is 2.42. The molecule has 2 rings (SSSR count). The summed E-state index contributed by atoms with van der Waals surface area (Å²) in [6.07, 6.45) is -10.2. The lowest BCUT2D eigenvalue weighted by Gasteiger charge is -2.43. The second kappa shape index (κ2) is 8.30. The van der Waals surface area contributed by atoms with E-state index in [0.29, 0.717) is 6.08 Å². The molecule has 3 atom stereocenters. The molecule has 2 unspecified atom stereocenters. The minimum atomic E-state index is -10.2. The van der Waals surface area contributed by atoms with Crippen LogP contribution in [0.15, 0.2) is 23.1 Å². The lowest BCUT2D eigenvalue weighted by atomic mass is 9.91. The molecule has 1 heterocycles. The van der Waals surface area contributed by atoms with Gasteiger partial charge in [0.1, 0.15) is 23.4 Å². The van der Waals surface area contributed by atoms with E-state index in [1.807, 2.05) is 0 Å². The van der Waals surface area contributed by atoms with E-state index in [4.69, 9.17) is 4.74 Å². The Morgan fingerprint density at radius 1 is 1.17 bits per heavy atom. The van der Waals surface area contributed by atoms with Gasteiger partial charge in [0, 0.05) is 5.56 Å². The molecule has 0 N–H and O–H groups in total. The summed E-state index contributed by atoms with van der Waals surface area (Å²) in [7, 11) is -10.2. The van der Waals surface area contributed by atoms with Crippen LogP contribution in [-0.2, 0) is 20.7 Å². The summed E-state index contributed by atoms with van der Waals surface area (Å²) in [4.78, 5) is 23.7. The molecule has 0 amide bonds. The van der Waals surface area contributed by atoms with Crippen molar-refractivity contribution in [3.05, 3.63) is 39.4 Å². The number of ether oxygens (including phenoxy) is 3. The van der Waals surface area contributed by atoms with Crippen molar-refractivity contribution in [3.8, 4) is 5.75 Å². The summed E-state index contributed by atoms with van der Waals surface area (Å²) in [6.45, 7) is 2.33. The van der Waals surface area contributed by atoms with Gasteiger partial charge >= 0.3 is 22.6 Å². The smallest absolute Gasteiger partial charge is 0.469 e. The molecule has 8 nitrogen and oxygen atoms in total. The van der Waals surface area contributed by atoms with Gasteiger partial charge in [-0.3, -0.25) is 0 Å². The van der Waals surface area contributed by atoms with Crippen molar-refractivity contribution < 1.29 is 61.5 Å². The molecule has 0 aromatic heterocycles. The monoisotopic (exact) mass is 545 g/mol. The van der Waals surface area contributed by atoms with E-state index in [1.54, 1.807) is 0 Å². The average molecular weight is 545 g/mol. The molecule has 0 spiro atoms. The van der Waals surface area contributed by atoms with E-state index in [1.165, 1.54) is 6.92 Å². The molecule has 0 bridgehead atoms. The fourth-order valence-corrected chi connectivity index (χ4v) is 3.77. The SMILES string of the molecule is CCc1cc(S(F)(F)(F)(F)F)cc2c1O[C@@](C(C)OC(=O)OC(C)CO[N+](=O)[O-])(C(F)(F)F)C=C2. The van der Waals surface area contributed by atoms with Crippen LogP contribution in [0.5, 0.6) is 5.75 Å². The van der Waals surface area contributed by atoms with Gasteiger partial charge < -0.3 is 19.0 Å². The molecule has 35 heavy (non-hydrogen) atoms. The zero-order valence-electron chi connectivity index (χ0n) is 18.1. The van der Waals surface area contributed by atoms with Crippen LogP contribution in [0.2, 0.25) is 0 Å². The highest BCUT2D eigenvalue weighted by Crippen LogP contribution is 3.02. The number of rotatable bonds is 8. The highest BCUT2D eigenvalue weighted by molar-refractivity contribution is 8.45. The Morgan fingerprint density at radius 2 is 1.77 bits per heavy atom. The van der Waals surface area contributed by atoms with Crippen molar-refractivity contribution in [1.29, 1.82) is 0 Å². The van der Waals surface area contributed by atoms with Crippen LogP contribution in [0.4, 0.5) is 37.4 Å². The molecule has 17 heteroatoms. The summed E-state index contributed by atoms with van der Waals surface area (Å²) in [5.74, 6) is -0.755. The maximum absolute atomic E-state index is 14.1. The van der Waals surface area contributed by atoms with Crippen LogP contribution in [0.25, 0.3) is 6.08 Å². The van der Waals surface area contributed by atoms with Gasteiger partial charge in [0.15, 0.2) is 6.10 Å². The molecule has 0 aliphatic carbocycles. The number of hydrogen-bond donors (Lipinski definition) is 0. The maximum atomic E-state index is 14.1. The second-order valence-corrected chi connectivity index (χ2v) is 9.92. The predicted octanol–water partition coefficient (Wildman–Crippen LogP) is 6.75. The zero-order chi connectivity index (χ0) is 27.1. The van der Waals surface area contributed by atoms with Gasteiger partial charge in [-0.25, -0.2) is 4.79 Å². The first-order chi connectivity index (χ1) is 15.6. The van der Waals surface area contributed by atoms with Gasteiger partial charge in [-0.15, -0.1) is 10.1 Å². The van der Waals surface area contributed by atoms with Crippen molar-refractivity contribution in [2.45, 2.75) is 56.1 Å². The number of alkyl halides is 3. The van der Waals surface area contributed by atoms with Gasteiger partial charge in [0.05, 0.1) is 0 Å². The maximum Gasteiger partial charge on any atom is 0.509 e. The van der Waals surface area contributed by atoms with Gasteiger partial charge in [-0.05, 0) is 44.0 Å². The molecule has 0 saturated carbocycles. The third-order valence-electron chi connectivity index (χ3n) is 4.81. The Morgan fingerprint density at radius 3 is 2.26 bits per heavy atom. The number of nitrogens with zero attached hydrogens (tertiary/aromatic N) is 1. The van der Waals surface area contributed by atoms with E-state index >= 15 is 0 Å². The van der Waals surface area contributed by atoms with Gasteiger partial charge in [-0.1, -0.05) is 32.4 Å². The van der Waals surface area contributed by atoms with Crippen molar-refractivity contribution in [2.24, 2.45) is 0 Å². The van der Waals surface area contributed by atoms with Gasteiger partial charge in [0.25, 0.3) is 10.7 Å². The highest BCUT2D eigenvalue weighted by atomic mass is 32.5. The van der Waals surface area contributed by atoms with E-state index in [-0.39, 0.29) is 18.2 Å². The van der Waals surface area contributed by atoms with Crippen molar-refractivity contribution >= 4 is 22.5 Å². The van der Waals surface area contributed by atoms with E-state index in [2.05, 4.69) is 14.3 Å². The summed E-state index contributed by atoms with van der Waals surface area (Å²) in [6, 6.07) is -0.0128. The van der Waals surface area contributed by atoms with E-state index in [9.17, 15) is 47.5 Å². The molecular weight excluding hydrogens is 526 g/mol. The Kier molecular flexibility index (Phi) is 6.70. The van der Waals surface area contributed by atoms with Gasteiger partial charge in [-0.2, -0.15) is 13.2 Å². The molecule has 0 fully saturated rings. The Bertz CT molecular complexity index is 1040. The number of benzene rings is 1. The lowest BCUT2D eigenvalue weighted by molar-refractivity contribution is -0.759. The normalized spacial score (nSPS) is 21.5. The fourth-order valence-electron chi connectivity index (χ4n) is 3.06. The van der Waals surface area contributed by atoms with Crippen LogP contribution >= 0.6 is 10.2 Å². The van der Waals surface area contributed by atoms with Crippen LogP contribution < -0.4 is 4.74 Å². The molecule has 0 saturated heterocycles. The number of halogens is 8. The molecular formula is C18H19F8NO7S. The molecule has 200 valence electrons. The number of carbonyl (C=O) groups is 1. The molecule has 1 aliphatic rings. The van der Waals surface area contributed by atoms with Crippen LogP contribution in [-0.4, -0.2) is 41.8 Å². The zero-order valence-corrected chi connectivity index (χ0v) is 18.9. The first-order valence-corrected chi connectivity index (χ1v) is 11.5. The first-order valence-electron chi connectivity index (χ1n) is 9.60. The highest BCUT2D eigenvalue weighted by Gasteiger charge is 2.66. The molecule has 1 aliphatic heterocycles. The number of fused-ring (bicyclic) bond motifs is 1. The fraction of sp³-hybridized carbons (Fsp3) is 0.500. The lowest BCUT2D eigenvalue weighted by Crippen LogP contribution is -2.58. The molecule has 1 aromatic rings. The third-order valence-corrected chi connectivity index (χ3v) is 5.93. The van der Waals surface area contributed by atoms with Crippen molar-refractivity contribution in [2.75, 3.05) is 6.61 Å². The topological polar surface area (TPSA) is 97.1 Å². The minimum absolute atomic E-state index is 0.0114. The second-order valence-electron chi connectivity index (χ2n) is 7.51. The van der Waals surface area contributed by atoms with E-state index in [0.717, 1.165) is 13.8 Å². The van der Waals surface area contributed by atoms with Crippen molar-refractivity contribution in [3.63, 3.8) is 0 Å². The van der Waals surface area contributed by atoms with Crippen LogP contribution in [0.3, 0.4) is 0 Å². The Hall–Kier alpha value is -2.98. The predicted molar refractivity (Wildman–Crippen MR) is 105 cm³/mol.